The van der Waals surface area contributed by atoms with E-state index in [1.54, 1.807) is 12.3 Å². The van der Waals surface area contributed by atoms with Crippen LogP contribution in [0.5, 0.6) is 0 Å². The van der Waals surface area contributed by atoms with Crippen LogP contribution in [0.25, 0.3) is 6.08 Å². The van der Waals surface area contributed by atoms with Crippen molar-refractivity contribution in [3.63, 3.8) is 0 Å². The van der Waals surface area contributed by atoms with E-state index in [1.807, 2.05) is 30.6 Å². The monoisotopic (exact) mass is 443 g/mol. The summed E-state index contributed by atoms with van der Waals surface area (Å²) >= 11 is 0. The number of aryl methyl sites for hydroxylation is 1. The number of aromatic amines is 1. The molecule has 33 heavy (non-hydrogen) atoms. The van der Waals surface area contributed by atoms with Crippen LogP contribution in [0.2, 0.25) is 0 Å². The first-order valence-corrected chi connectivity index (χ1v) is 11.1. The maximum Gasteiger partial charge on any atom is 0.273 e. The van der Waals surface area contributed by atoms with E-state index in [0.717, 1.165) is 36.5 Å². The van der Waals surface area contributed by atoms with Gasteiger partial charge in [0.1, 0.15) is 12.0 Å². The molecule has 4 heterocycles. The molecule has 0 saturated carbocycles. The van der Waals surface area contributed by atoms with Crippen molar-refractivity contribution in [1.82, 2.24) is 25.4 Å². The summed E-state index contributed by atoms with van der Waals surface area (Å²) in [6.45, 7) is 7.41. The summed E-state index contributed by atoms with van der Waals surface area (Å²) < 4.78 is 0. The van der Waals surface area contributed by atoms with Crippen molar-refractivity contribution in [1.29, 1.82) is 0 Å². The topological polar surface area (TPSA) is 99.2 Å². The Kier molecular flexibility index (Phi) is 6.63. The quantitative estimate of drug-likeness (QED) is 0.518. The van der Waals surface area contributed by atoms with Crippen LogP contribution in [0.15, 0.2) is 53.8 Å². The van der Waals surface area contributed by atoms with E-state index < -0.39 is 0 Å². The van der Waals surface area contributed by atoms with Crippen LogP contribution in [0, 0.1) is 6.92 Å². The van der Waals surface area contributed by atoms with Gasteiger partial charge in [-0.3, -0.25) is 9.78 Å². The van der Waals surface area contributed by atoms with Crippen LogP contribution in [0.1, 0.15) is 54.4 Å². The molecule has 2 N–H and O–H groups in total. The number of hydrogen-bond acceptors (Lipinski definition) is 6. The smallest absolute Gasteiger partial charge is 0.273 e. The molecule has 8 heteroatoms. The highest BCUT2D eigenvalue weighted by Crippen LogP contribution is 2.30. The molecule has 1 aliphatic heterocycles. The zero-order chi connectivity index (χ0) is 23.4. The number of H-pyrrole nitrogens is 1. The number of hydrazone groups is 1. The van der Waals surface area contributed by atoms with Crippen molar-refractivity contribution >= 4 is 23.4 Å². The van der Waals surface area contributed by atoms with Crippen LogP contribution < -0.4 is 10.3 Å². The van der Waals surface area contributed by atoms with E-state index in [9.17, 15) is 4.79 Å². The van der Waals surface area contributed by atoms with Crippen molar-refractivity contribution in [2.24, 2.45) is 5.10 Å². The standard InChI is InChI=1S/C25H29N7O/c1-16(2)23-19(6-5-13-32(4)18-7-10-26-11-8-18)17(3)29-22(23)14-20-24(30-31-25(20)33)21-9-12-27-15-28-21/h7-12,14-16,29H,5-6,13H2,1-4H3,(H,31,33)/b20-14+. The Hall–Kier alpha value is -3.81. The first-order chi connectivity index (χ1) is 16.0. The molecule has 0 radical (unpaired) electrons. The molecule has 0 bridgehead atoms. The van der Waals surface area contributed by atoms with Gasteiger partial charge in [-0.2, -0.15) is 5.10 Å². The molecule has 3 aromatic heterocycles. The first kappa shape index (κ1) is 22.4. The number of carbonyl (C=O) groups is 1. The van der Waals surface area contributed by atoms with Crippen LogP contribution in [-0.2, 0) is 11.2 Å². The predicted molar refractivity (Wildman–Crippen MR) is 130 cm³/mol. The third kappa shape index (κ3) is 4.84. The molecule has 0 aliphatic carbocycles. The molecule has 8 nitrogen and oxygen atoms in total. The maximum atomic E-state index is 12.6. The van der Waals surface area contributed by atoms with Gasteiger partial charge in [0.2, 0.25) is 0 Å². The average Bonchev–Trinajstić information content (AvgIpc) is 3.34. The Labute approximate surface area is 193 Å². The molecule has 1 amide bonds. The lowest BCUT2D eigenvalue weighted by atomic mass is 9.93. The van der Waals surface area contributed by atoms with Crippen molar-refractivity contribution < 1.29 is 4.79 Å². The Morgan fingerprint density at radius 3 is 2.58 bits per heavy atom. The molecule has 4 rings (SSSR count). The van der Waals surface area contributed by atoms with E-state index in [2.05, 4.69) is 63.2 Å². The molecule has 1 aliphatic rings. The van der Waals surface area contributed by atoms with Crippen molar-refractivity contribution in [2.75, 3.05) is 18.5 Å². The third-order valence-electron chi connectivity index (χ3n) is 5.87. The minimum Gasteiger partial charge on any atom is -0.374 e. The molecule has 0 saturated heterocycles. The van der Waals surface area contributed by atoms with Gasteiger partial charge in [0, 0.05) is 49.3 Å². The minimum atomic E-state index is -0.230. The number of aromatic nitrogens is 4. The summed E-state index contributed by atoms with van der Waals surface area (Å²) in [6.07, 6.45) is 10.6. The van der Waals surface area contributed by atoms with Crippen LogP contribution in [0.4, 0.5) is 5.69 Å². The lowest BCUT2D eigenvalue weighted by molar-refractivity contribution is -0.116. The van der Waals surface area contributed by atoms with Crippen LogP contribution in [-0.4, -0.2) is 45.1 Å². The van der Waals surface area contributed by atoms with Crippen molar-refractivity contribution in [3.05, 3.63) is 76.9 Å². The predicted octanol–water partition coefficient (Wildman–Crippen LogP) is 3.62. The first-order valence-electron chi connectivity index (χ1n) is 11.1. The fraction of sp³-hybridized carbons (Fsp3) is 0.320. The largest absolute Gasteiger partial charge is 0.374 e. The van der Waals surface area contributed by atoms with Crippen molar-refractivity contribution in [2.45, 2.75) is 39.5 Å². The normalized spacial score (nSPS) is 14.6. The number of anilines is 1. The van der Waals surface area contributed by atoms with E-state index in [-0.39, 0.29) is 5.91 Å². The molecule has 0 atom stereocenters. The molecule has 170 valence electrons. The van der Waals surface area contributed by atoms with E-state index >= 15 is 0 Å². The van der Waals surface area contributed by atoms with Gasteiger partial charge >= 0.3 is 0 Å². The summed E-state index contributed by atoms with van der Waals surface area (Å²) in [5.74, 6) is 0.0738. The summed E-state index contributed by atoms with van der Waals surface area (Å²) in [7, 11) is 2.10. The van der Waals surface area contributed by atoms with Gasteiger partial charge in [-0.05, 0) is 61.1 Å². The zero-order valence-electron chi connectivity index (χ0n) is 19.5. The van der Waals surface area contributed by atoms with Crippen LogP contribution in [0.3, 0.4) is 0 Å². The average molecular weight is 444 g/mol. The van der Waals surface area contributed by atoms with Gasteiger partial charge in [-0.25, -0.2) is 15.4 Å². The van der Waals surface area contributed by atoms with Gasteiger partial charge in [0.15, 0.2) is 0 Å². The summed E-state index contributed by atoms with van der Waals surface area (Å²) in [5.41, 5.74) is 10.0. The van der Waals surface area contributed by atoms with E-state index in [4.69, 9.17) is 0 Å². The van der Waals surface area contributed by atoms with Gasteiger partial charge in [0.05, 0.1) is 11.3 Å². The second-order valence-corrected chi connectivity index (χ2v) is 8.50. The Bertz CT molecular complexity index is 1180. The minimum absolute atomic E-state index is 0.230. The molecule has 0 fully saturated rings. The maximum absolute atomic E-state index is 12.6. The lowest BCUT2D eigenvalue weighted by Gasteiger charge is -2.19. The van der Waals surface area contributed by atoms with Gasteiger partial charge in [-0.1, -0.05) is 13.8 Å². The van der Waals surface area contributed by atoms with E-state index in [0.29, 0.717) is 22.9 Å². The second-order valence-electron chi connectivity index (χ2n) is 8.50. The number of nitrogens with zero attached hydrogens (tertiary/aromatic N) is 5. The fourth-order valence-corrected chi connectivity index (χ4v) is 4.26. The number of nitrogens with one attached hydrogen (secondary N) is 2. The van der Waals surface area contributed by atoms with Crippen molar-refractivity contribution in [3.8, 4) is 0 Å². The number of pyridine rings is 1. The summed E-state index contributed by atoms with van der Waals surface area (Å²) in [6, 6.07) is 5.80. The highest BCUT2D eigenvalue weighted by atomic mass is 16.2. The zero-order valence-corrected chi connectivity index (χ0v) is 19.5. The highest BCUT2D eigenvalue weighted by Gasteiger charge is 2.26. The van der Waals surface area contributed by atoms with Gasteiger partial charge in [0.25, 0.3) is 5.91 Å². The number of rotatable bonds is 8. The second kappa shape index (κ2) is 9.77. The third-order valence-corrected chi connectivity index (χ3v) is 5.87. The Balaban J connectivity index is 1.58. The molecule has 3 aromatic rings. The summed E-state index contributed by atoms with van der Waals surface area (Å²) in [5, 5.41) is 4.20. The van der Waals surface area contributed by atoms with Gasteiger partial charge < -0.3 is 9.88 Å². The highest BCUT2D eigenvalue weighted by molar-refractivity contribution is 6.32. The molecule has 0 spiro atoms. The molecule has 0 aromatic carbocycles. The van der Waals surface area contributed by atoms with E-state index in [1.165, 1.54) is 17.5 Å². The number of hydrogen-bond donors (Lipinski definition) is 2. The number of carbonyl (C=O) groups excluding carboxylic acids is 1. The molecular formula is C25H29N7O. The Morgan fingerprint density at radius 1 is 1.12 bits per heavy atom. The summed E-state index contributed by atoms with van der Waals surface area (Å²) in [4.78, 5) is 30.6. The molecule has 0 unspecified atom stereocenters. The Morgan fingerprint density at radius 2 is 1.88 bits per heavy atom. The lowest BCUT2D eigenvalue weighted by Crippen LogP contribution is -2.19. The SMILES string of the molecule is Cc1[nH]c(/C=C2/C(=O)NN=C2c2ccncn2)c(C(C)C)c1CCCN(C)c1ccncc1. The molecular weight excluding hydrogens is 414 g/mol. The van der Waals surface area contributed by atoms with Crippen LogP contribution >= 0.6 is 0 Å². The van der Waals surface area contributed by atoms with Gasteiger partial charge in [-0.15, -0.1) is 0 Å². The number of amides is 1. The fourth-order valence-electron chi connectivity index (χ4n) is 4.26.